The van der Waals surface area contributed by atoms with Crippen molar-refractivity contribution in [3.63, 3.8) is 0 Å². The maximum Gasteiger partial charge on any atom is 0.0484 e. The van der Waals surface area contributed by atoms with E-state index in [0.29, 0.717) is 0 Å². The molecule has 0 spiro atoms. The number of nitrogens with two attached hydrogens (primary N) is 1. The number of halogens is 1. The summed E-state index contributed by atoms with van der Waals surface area (Å²) in [5.74, 6) is 0. The lowest BCUT2D eigenvalue weighted by Crippen LogP contribution is -2.04. The Bertz CT molecular complexity index is 474. The van der Waals surface area contributed by atoms with Gasteiger partial charge in [-0.15, -0.1) is 0 Å². The van der Waals surface area contributed by atoms with E-state index in [1.54, 1.807) is 0 Å². The van der Waals surface area contributed by atoms with Gasteiger partial charge in [0.15, 0.2) is 0 Å². The Morgan fingerprint density at radius 2 is 1.62 bits per heavy atom. The molecule has 0 aliphatic heterocycles. The van der Waals surface area contributed by atoms with Gasteiger partial charge in [0.1, 0.15) is 0 Å². The lowest BCUT2D eigenvalue weighted by molar-refractivity contribution is 0.818. The Morgan fingerprint density at radius 1 is 1.00 bits per heavy atom. The third-order valence-corrected chi connectivity index (χ3v) is 2.95. The van der Waals surface area contributed by atoms with Crippen molar-refractivity contribution in [3.05, 3.63) is 59.1 Å². The topological polar surface area (TPSA) is 26.0 Å². The van der Waals surface area contributed by atoms with Crippen LogP contribution in [0, 0.1) is 0 Å². The van der Waals surface area contributed by atoms with Gasteiger partial charge in [0.05, 0.1) is 0 Å². The number of benzene rings is 2. The Morgan fingerprint density at radius 3 is 2.19 bits per heavy atom. The summed E-state index contributed by atoms with van der Waals surface area (Å²) in [6, 6.07) is 16.1. The molecular formula is C14H14ClN. The molecule has 0 aliphatic rings. The summed E-state index contributed by atoms with van der Waals surface area (Å²) in [4.78, 5) is 0. The fraction of sp³-hybridized carbons (Fsp3) is 0.143. The quantitative estimate of drug-likeness (QED) is 0.830. The predicted octanol–water partition coefficient (Wildman–Crippen LogP) is 4.03. The molecule has 16 heavy (non-hydrogen) atoms. The fourth-order valence-electron chi connectivity index (χ4n) is 1.66. The van der Waals surface area contributed by atoms with E-state index in [1.165, 1.54) is 0 Å². The molecule has 0 saturated carbocycles. The van der Waals surface area contributed by atoms with Gasteiger partial charge >= 0.3 is 0 Å². The van der Waals surface area contributed by atoms with Crippen molar-refractivity contribution in [1.29, 1.82) is 0 Å². The third kappa shape index (κ3) is 2.26. The monoisotopic (exact) mass is 231 g/mol. The van der Waals surface area contributed by atoms with Crippen LogP contribution in [0.3, 0.4) is 0 Å². The molecule has 1 nitrogen and oxygen atoms in total. The van der Waals surface area contributed by atoms with Crippen molar-refractivity contribution in [1.82, 2.24) is 0 Å². The standard InChI is InChI=1S/C14H14ClN/c1-10(16)11-6-8-12(9-7-11)13-4-2-3-5-14(13)15/h2-10H,16H2,1H3. The van der Waals surface area contributed by atoms with Crippen LogP contribution in [0.15, 0.2) is 48.5 Å². The van der Waals surface area contributed by atoms with E-state index < -0.39 is 0 Å². The van der Waals surface area contributed by atoms with E-state index >= 15 is 0 Å². The van der Waals surface area contributed by atoms with Crippen LogP contribution in [0.1, 0.15) is 18.5 Å². The summed E-state index contributed by atoms with van der Waals surface area (Å²) in [6.07, 6.45) is 0. The molecule has 0 radical (unpaired) electrons. The Labute approximate surface area is 101 Å². The van der Waals surface area contributed by atoms with Gasteiger partial charge in [-0.05, 0) is 24.1 Å². The maximum absolute atomic E-state index is 6.14. The average Bonchev–Trinajstić information content (AvgIpc) is 2.30. The van der Waals surface area contributed by atoms with Crippen molar-refractivity contribution >= 4 is 11.6 Å². The van der Waals surface area contributed by atoms with Gasteiger partial charge in [0, 0.05) is 16.6 Å². The van der Waals surface area contributed by atoms with Gasteiger partial charge in [0.25, 0.3) is 0 Å². The van der Waals surface area contributed by atoms with E-state index in [1.807, 2.05) is 43.3 Å². The highest BCUT2D eigenvalue weighted by Gasteiger charge is 2.03. The van der Waals surface area contributed by atoms with Gasteiger partial charge in [-0.2, -0.15) is 0 Å². The molecule has 2 N–H and O–H groups in total. The second-order valence-electron chi connectivity index (χ2n) is 3.89. The predicted molar refractivity (Wildman–Crippen MR) is 69.5 cm³/mol. The largest absolute Gasteiger partial charge is 0.324 e. The van der Waals surface area contributed by atoms with Crippen LogP contribution in [0.5, 0.6) is 0 Å². The zero-order chi connectivity index (χ0) is 11.5. The first kappa shape index (κ1) is 11.2. The van der Waals surface area contributed by atoms with Crippen LogP contribution in [-0.4, -0.2) is 0 Å². The lowest BCUT2D eigenvalue weighted by Gasteiger charge is -2.08. The van der Waals surface area contributed by atoms with Crippen LogP contribution < -0.4 is 5.73 Å². The Balaban J connectivity index is 2.39. The summed E-state index contributed by atoms with van der Waals surface area (Å²) in [7, 11) is 0. The van der Waals surface area contributed by atoms with Gasteiger partial charge in [0.2, 0.25) is 0 Å². The highest BCUT2D eigenvalue weighted by molar-refractivity contribution is 6.33. The van der Waals surface area contributed by atoms with Crippen LogP contribution >= 0.6 is 11.6 Å². The number of hydrogen-bond acceptors (Lipinski definition) is 1. The Hall–Kier alpha value is -1.31. The van der Waals surface area contributed by atoms with E-state index in [2.05, 4.69) is 12.1 Å². The number of rotatable bonds is 2. The van der Waals surface area contributed by atoms with E-state index in [4.69, 9.17) is 17.3 Å². The van der Waals surface area contributed by atoms with E-state index in [9.17, 15) is 0 Å². The summed E-state index contributed by atoms with van der Waals surface area (Å²) in [5.41, 5.74) is 9.12. The molecule has 0 bridgehead atoms. The van der Waals surface area contributed by atoms with Crippen LogP contribution in [0.4, 0.5) is 0 Å². The molecule has 0 heterocycles. The molecule has 0 aliphatic carbocycles. The zero-order valence-electron chi connectivity index (χ0n) is 9.15. The minimum absolute atomic E-state index is 0.0697. The molecule has 2 heteroatoms. The molecule has 2 aromatic carbocycles. The van der Waals surface area contributed by atoms with Crippen LogP contribution in [-0.2, 0) is 0 Å². The van der Waals surface area contributed by atoms with Crippen LogP contribution in [0.25, 0.3) is 11.1 Å². The molecule has 2 rings (SSSR count). The SMILES string of the molecule is CC(N)c1ccc(-c2ccccc2Cl)cc1. The van der Waals surface area contributed by atoms with Crippen molar-refractivity contribution < 1.29 is 0 Å². The van der Waals surface area contributed by atoms with Crippen molar-refractivity contribution in [2.24, 2.45) is 5.73 Å². The lowest BCUT2D eigenvalue weighted by atomic mass is 10.0. The molecule has 2 aromatic rings. The van der Waals surface area contributed by atoms with E-state index in [0.717, 1.165) is 21.7 Å². The smallest absolute Gasteiger partial charge is 0.0484 e. The molecule has 0 fully saturated rings. The number of hydrogen-bond donors (Lipinski definition) is 1. The third-order valence-electron chi connectivity index (χ3n) is 2.62. The first-order valence-electron chi connectivity index (χ1n) is 5.29. The van der Waals surface area contributed by atoms with Crippen LogP contribution in [0.2, 0.25) is 5.02 Å². The van der Waals surface area contributed by atoms with Crippen molar-refractivity contribution in [2.75, 3.05) is 0 Å². The van der Waals surface area contributed by atoms with Crippen molar-refractivity contribution in [3.8, 4) is 11.1 Å². The zero-order valence-corrected chi connectivity index (χ0v) is 9.91. The Kier molecular flexibility index (Phi) is 3.28. The normalized spacial score (nSPS) is 12.4. The molecule has 1 unspecified atom stereocenters. The molecular weight excluding hydrogens is 218 g/mol. The fourth-order valence-corrected chi connectivity index (χ4v) is 1.91. The van der Waals surface area contributed by atoms with Gasteiger partial charge in [-0.3, -0.25) is 0 Å². The molecule has 1 atom stereocenters. The minimum atomic E-state index is 0.0697. The second kappa shape index (κ2) is 4.69. The minimum Gasteiger partial charge on any atom is -0.324 e. The summed E-state index contributed by atoms with van der Waals surface area (Å²) in [6.45, 7) is 1.98. The second-order valence-corrected chi connectivity index (χ2v) is 4.30. The van der Waals surface area contributed by atoms with E-state index in [-0.39, 0.29) is 6.04 Å². The van der Waals surface area contributed by atoms with Gasteiger partial charge in [-0.1, -0.05) is 54.1 Å². The molecule has 0 saturated heterocycles. The summed E-state index contributed by atoms with van der Waals surface area (Å²) < 4.78 is 0. The first-order chi connectivity index (χ1) is 7.68. The van der Waals surface area contributed by atoms with Gasteiger partial charge in [-0.25, -0.2) is 0 Å². The van der Waals surface area contributed by atoms with Crippen molar-refractivity contribution in [2.45, 2.75) is 13.0 Å². The average molecular weight is 232 g/mol. The van der Waals surface area contributed by atoms with Gasteiger partial charge < -0.3 is 5.73 Å². The molecule has 82 valence electrons. The molecule has 0 amide bonds. The highest BCUT2D eigenvalue weighted by Crippen LogP contribution is 2.28. The summed E-state index contributed by atoms with van der Waals surface area (Å²) in [5, 5.41) is 0.774. The summed E-state index contributed by atoms with van der Waals surface area (Å²) >= 11 is 6.14. The highest BCUT2D eigenvalue weighted by atomic mass is 35.5. The molecule has 0 aromatic heterocycles. The maximum atomic E-state index is 6.14. The first-order valence-corrected chi connectivity index (χ1v) is 5.67.